The van der Waals surface area contributed by atoms with Crippen molar-refractivity contribution in [2.75, 3.05) is 19.0 Å². The Hall–Kier alpha value is -1.22. The molecule has 0 aromatic heterocycles. The minimum absolute atomic E-state index is 0.137. The molecule has 0 bridgehead atoms. The molecule has 0 spiro atoms. The van der Waals surface area contributed by atoms with Crippen LogP contribution < -0.4 is 5.73 Å². The van der Waals surface area contributed by atoms with Gasteiger partial charge < -0.3 is 20.7 Å². The molecule has 0 aromatic rings. The van der Waals surface area contributed by atoms with Crippen LogP contribution in [0.5, 0.6) is 0 Å². The van der Waals surface area contributed by atoms with Crippen LogP contribution in [0.2, 0.25) is 0 Å². The summed E-state index contributed by atoms with van der Waals surface area (Å²) in [6, 6.07) is -0.856. The highest BCUT2D eigenvalue weighted by Gasteiger charge is 2.62. The largest absolute Gasteiger partial charge is 0.396 e. The summed E-state index contributed by atoms with van der Waals surface area (Å²) in [5, 5.41) is 16.6. The Labute approximate surface area is 153 Å². The first-order valence-electron chi connectivity index (χ1n) is 8.49. The fourth-order valence-corrected chi connectivity index (χ4v) is 3.15. The van der Waals surface area contributed by atoms with Gasteiger partial charge in [0.05, 0.1) is 12.0 Å². The molecule has 0 amide bonds. The molecule has 0 radical (unpaired) electrons. The Bertz CT molecular complexity index is 503. The lowest BCUT2D eigenvalue weighted by Crippen LogP contribution is -2.51. The topological polar surface area (TPSA) is 127 Å². The number of nitrogens with two attached hydrogens (primary N) is 1. The minimum atomic E-state index is -1.41. The number of allylic oxidation sites excluding steroid dienone is 2. The monoisotopic (exact) mass is 373 g/mol. The van der Waals surface area contributed by atoms with Crippen molar-refractivity contribution in [3.63, 3.8) is 0 Å². The average molecular weight is 373 g/mol. The third-order valence-corrected chi connectivity index (χ3v) is 4.85. The van der Waals surface area contributed by atoms with Crippen LogP contribution in [-0.2, 0) is 19.1 Å². The second-order valence-corrected chi connectivity index (χ2v) is 6.52. The van der Waals surface area contributed by atoms with Gasteiger partial charge in [0, 0.05) is 19.0 Å². The zero-order valence-electron chi connectivity index (χ0n) is 14.2. The number of thiol groups is 1. The summed E-state index contributed by atoms with van der Waals surface area (Å²) < 4.78 is 4.61. The minimum Gasteiger partial charge on any atom is -0.396 e. The molecule has 1 aliphatic carbocycles. The summed E-state index contributed by atoms with van der Waals surface area (Å²) in [5.41, 5.74) is 4.23. The highest BCUT2D eigenvalue weighted by Crippen LogP contribution is 2.46. The number of esters is 2. The number of ketones is 1. The molecular formula is C17H27NO6S. The van der Waals surface area contributed by atoms with E-state index >= 15 is 0 Å². The maximum Gasteiger partial charge on any atom is 0.328 e. The first-order chi connectivity index (χ1) is 11.9. The highest BCUT2D eigenvalue weighted by molar-refractivity contribution is 7.80. The van der Waals surface area contributed by atoms with Crippen molar-refractivity contribution in [2.24, 2.45) is 17.1 Å². The van der Waals surface area contributed by atoms with Crippen LogP contribution in [0.25, 0.3) is 0 Å². The third-order valence-electron chi connectivity index (χ3n) is 4.45. The summed E-state index contributed by atoms with van der Waals surface area (Å²) in [7, 11) is 0. The van der Waals surface area contributed by atoms with Gasteiger partial charge in [-0.25, -0.2) is 0 Å². The smallest absolute Gasteiger partial charge is 0.328 e. The van der Waals surface area contributed by atoms with Crippen molar-refractivity contribution < 1.29 is 29.3 Å². The second-order valence-electron chi connectivity index (χ2n) is 6.16. The zero-order chi connectivity index (χ0) is 18.9. The number of ether oxygens (including phenoxy) is 1. The molecule has 8 heteroatoms. The van der Waals surface area contributed by atoms with E-state index in [0.29, 0.717) is 6.42 Å². The van der Waals surface area contributed by atoms with Gasteiger partial charge in [-0.1, -0.05) is 25.0 Å². The lowest BCUT2D eigenvalue weighted by molar-refractivity contribution is -0.156. The van der Waals surface area contributed by atoms with E-state index in [4.69, 9.17) is 15.9 Å². The van der Waals surface area contributed by atoms with Gasteiger partial charge in [0.25, 0.3) is 0 Å². The van der Waals surface area contributed by atoms with Gasteiger partial charge in [-0.3, -0.25) is 14.4 Å². The van der Waals surface area contributed by atoms with E-state index in [2.05, 4.69) is 17.4 Å². The molecular weight excluding hydrogens is 346 g/mol. The number of aliphatic hydroxyl groups excluding tert-OH is 2. The average Bonchev–Trinajstić information content (AvgIpc) is 2.89. The van der Waals surface area contributed by atoms with Crippen molar-refractivity contribution in [3.05, 3.63) is 12.2 Å². The van der Waals surface area contributed by atoms with Crippen molar-refractivity contribution in [2.45, 2.75) is 44.6 Å². The molecule has 2 aliphatic rings. The number of aliphatic hydroxyl groups is 2. The van der Waals surface area contributed by atoms with Crippen LogP contribution in [0.4, 0.5) is 0 Å². The number of cyclic esters (lactones) is 2. The van der Waals surface area contributed by atoms with Gasteiger partial charge in [0.1, 0.15) is 5.41 Å². The Morgan fingerprint density at radius 2 is 1.84 bits per heavy atom. The molecule has 1 aliphatic heterocycles. The number of hydrogen-bond acceptors (Lipinski definition) is 8. The van der Waals surface area contributed by atoms with Gasteiger partial charge in [-0.15, -0.1) is 0 Å². The van der Waals surface area contributed by atoms with Crippen LogP contribution >= 0.6 is 12.6 Å². The fourth-order valence-electron chi connectivity index (χ4n) is 2.99. The summed E-state index contributed by atoms with van der Waals surface area (Å²) in [6.45, 7) is 0.566. The van der Waals surface area contributed by atoms with Crippen LogP contribution in [0.15, 0.2) is 12.2 Å². The highest BCUT2D eigenvalue weighted by atomic mass is 32.1. The normalized spacial score (nSPS) is 25.7. The van der Waals surface area contributed by atoms with Gasteiger partial charge in [-0.2, -0.15) is 12.6 Å². The van der Waals surface area contributed by atoms with E-state index in [0.717, 1.165) is 25.7 Å². The predicted molar refractivity (Wildman–Crippen MR) is 94.9 cm³/mol. The van der Waals surface area contributed by atoms with E-state index < -0.39 is 35.1 Å². The quantitative estimate of drug-likeness (QED) is 0.159. The SMILES string of the molecule is N[C@@H](CS)C(=O)C12CC=CCC1C(=O)OC2=O.OCCCCCCO. The third kappa shape index (κ3) is 5.13. The second kappa shape index (κ2) is 10.7. The fraction of sp³-hybridized carbons (Fsp3) is 0.706. The lowest BCUT2D eigenvalue weighted by Gasteiger charge is -2.31. The Morgan fingerprint density at radius 3 is 2.36 bits per heavy atom. The van der Waals surface area contributed by atoms with Crippen molar-refractivity contribution in [1.82, 2.24) is 0 Å². The zero-order valence-corrected chi connectivity index (χ0v) is 15.1. The molecule has 3 atom stereocenters. The molecule has 0 saturated carbocycles. The molecule has 142 valence electrons. The molecule has 2 rings (SSSR count). The molecule has 0 aromatic carbocycles. The van der Waals surface area contributed by atoms with Crippen molar-refractivity contribution in [3.8, 4) is 0 Å². The summed E-state index contributed by atoms with van der Waals surface area (Å²) in [5.74, 6) is -2.42. The molecule has 25 heavy (non-hydrogen) atoms. The predicted octanol–water partition coefficient (Wildman–Crippen LogP) is 0.380. The van der Waals surface area contributed by atoms with E-state index in [9.17, 15) is 14.4 Å². The standard InChI is InChI=1S/C11H13NO4S.C6H14O2/c12-7(5-17)8(13)11-4-2-1-3-6(11)9(14)16-10(11)15;7-5-3-1-2-4-6-8/h1-2,6-7,17H,3-5,12H2;7-8H,1-6H2/t6?,7-,11?;/m0./s1. The molecule has 7 nitrogen and oxygen atoms in total. The lowest BCUT2D eigenvalue weighted by atomic mass is 9.66. The molecule has 4 N–H and O–H groups in total. The van der Waals surface area contributed by atoms with Crippen molar-refractivity contribution >= 4 is 30.4 Å². The number of fused-ring (bicyclic) bond motifs is 1. The maximum atomic E-state index is 12.2. The van der Waals surface area contributed by atoms with Gasteiger partial charge in [0.15, 0.2) is 5.78 Å². The van der Waals surface area contributed by atoms with Crippen LogP contribution in [-0.4, -0.2) is 52.9 Å². The Morgan fingerprint density at radius 1 is 1.24 bits per heavy atom. The van der Waals surface area contributed by atoms with Gasteiger partial charge >= 0.3 is 11.9 Å². The summed E-state index contributed by atoms with van der Waals surface area (Å²) in [4.78, 5) is 35.6. The number of hydrogen-bond donors (Lipinski definition) is 4. The first-order valence-corrected chi connectivity index (χ1v) is 9.12. The van der Waals surface area contributed by atoms with Gasteiger partial charge in [-0.05, 0) is 25.7 Å². The maximum absolute atomic E-state index is 12.2. The Balaban J connectivity index is 0.000000333. The Kier molecular flexibility index (Phi) is 9.34. The molecule has 1 heterocycles. The molecule has 1 saturated heterocycles. The number of Topliss-reactive ketones (excluding diaryl/α,β-unsaturated/α-hetero) is 1. The molecule has 1 fully saturated rings. The first kappa shape index (κ1) is 21.8. The van der Waals surface area contributed by atoms with E-state index in [1.807, 2.05) is 0 Å². The number of carbonyl (C=O) groups excluding carboxylic acids is 3. The van der Waals surface area contributed by atoms with Gasteiger partial charge in [0.2, 0.25) is 0 Å². The van der Waals surface area contributed by atoms with E-state index in [1.165, 1.54) is 0 Å². The summed E-state index contributed by atoms with van der Waals surface area (Å²) in [6.07, 6.45) is 7.86. The van der Waals surface area contributed by atoms with Crippen LogP contribution in [0.1, 0.15) is 38.5 Å². The number of carbonyl (C=O) groups is 3. The van der Waals surface area contributed by atoms with Crippen LogP contribution in [0.3, 0.4) is 0 Å². The van der Waals surface area contributed by atoms with Crippen LogP contribution in [0, 0.1) is 11.3 Å². The van der Waals surface area contributed by atoms with E-state index in [1.54, 1.807) is 12.2 Å². The van der Waals surface area contributed by atoms with Crippen molar-refractivity contribution in [1.29, 1.82) is 0 Å². The number of unbranched alkanes of at least 4 members (excludes halogenated alkanes) is 3. The van der Waals surface area contributed by atoms with E-state index in [-0.39, 0.29) is 25.4 Å². The molecule has 2 unspecified atom stereocenters. The summed E-state index contributed by atoms with van der Waals surface area (Å²) >= 11 is 3.95. The number of rotatable bonds is 8.